The van der Waals surface area contributed by atoms with Gasteiger partial charge in [-0.1, -0.05) is 0 Å². The van der Waals surface area contributed by atoms with E-state index >= 15 is 4.39 Å². The summed E-state index contributed by atoms with van der Waals surface area (Å²) in [5.74, 6) is -0.417. The lowest BCUT2D eigenvalue weighted by Gasteiger charge is -2.52. The van der Waals surface area contributed by atoms with E-state index in [0.29, 0.717) is 31.4 Å². The number of rotatable bonds is 3. The fourth-order valence-corrected chi connectivity index (χ4v) is 7.02. The van der Waals surface area contributed by atoms with Crippen LogP contribution in [0.1, 0.15) is 37.8 Å². The summed E-state index contributed by atoms with van der Waals surface area (Å²) in [4.78, 5) is 24.2. The third kappa shape index (κ3) is 3.98. The number of piperazine rings is 1. The van der Waals surface area contributed by atoms with Gasteiger partial charge in [-0.3, -0.25) is 0 Å². The molecular formula is C28H33F4N9O. The first-order valence-electron chi connectivity index (χ1n) is 14.1. The molecule has 0 radical (unpaired) electrons. The molecule has 4 atom stereocenters. The Balaban J connectivity index is 1.49. The lowest BCUT2D eigenvalue weighted by molar-refractivity contribution is -0.137. The largest absolute Gasteiger partial charge is 0.472 e. The monoisotopic (exact) mass is 587 g/mol. The van der Waals surface area contributed by atoms with E-state index < -0.39 is 35.0 Å². The molecule has 10 nitrogen and oxygen atoms in total. The number of nitrogens with two attached hydrogens (primary N) is 1. The van der Waals surface area contributed by atoms with Crippen molar-refractivity contribution in [3.8, 4) is 17.3 Å². The highest BCUT2D eigenvalue weighted by molar-refractivity contribution is 5.98. The molecule has 7 heterocycles. The molecule has 0 amide bonds. The average Bonchev–Trinajstić information content (AvgIpc) is 3.20. The predicted octanol–water partition coefficient (Wildman–Crippen LogP) is 3.37. The van der Waals surface area contributed by atoms with Crippen molar-refractivity contribution in [2.75, 3.05) is 49.3 Å². The van der Waals surface area contributed by atoms with Gasteiger partial charge in [-0.05, 0) is 59.3 Å². The van der Waals surface area contributed by atoms with Crippen molar-refractivity contribution in [1.82, 2.24) is 30.2 Å². The lowest BCUT2D eigenvalue weighted by atomic mass is 9.91. The maximum absolute atomic E-state index is 16.7. The van der Waals surface area contributed by atoms with E-state index in [1.807, 2.05) is 25.9 Å². The minimum Gasteiger partial charge on any atom is -0.472 e. The summed E-state index contributed by atoms with van der Waals surface area (Å²) >= 11 is 0. The predicted molar refractivity (Wildman–Crippen MR) is 150 cm³/mol. The van der Waals surface area contributed by atoms with Gasteiger partial charge in [0.15, 0.2) is 5.82 Å². The second kappa shape index (κ2) is 8.99. The van der Waals surface area contributed by atoms with Crippen LogP contribution in [0.3, 0.4) is 0 Å². The van der Waals surface area contributed by atoms with Crippen LogP contribution in [0.5, 0.6) is 5.88 Å². The van der Waals surface area contributed by atoms with E-state index in [9.17, 15) is 13.2 Å². The molecule has 224 valence electrons. The fraction of sp³-hybridized carbons (Fsp3) is 0.571. The minimum atomic E-state index is -4.83. The molecule has 0 saturated carbocycles. The van der Waals surface area contributed by atoms with Gasteiger partial charge in [0.2, 0.25) is 11.8 Å². The zero-order valence-electron chi connectivity index (χ0n) is 24.1. The van der Waals surface area contributed by atoms with Gasteiger partial charge in [0.1, 0.15) is 40.0 Å². The van der Waals surface area contributed by atoms with E-state index in [0.717, 1.165) is 18.9 Å². The highest BCUT2D eigenvalue weighted by Crippen LogP contribution is 2.46. The average molecular weight is 588 g/mol. The molecule has 3 aromatic rings. The molecule has 7 rings (SSSR count). The van der Waals surface area contributed by atoms with Crippen molar-refractivity contribution in [3.05, 3.63) is 23.0 Å². The standard InChI is InChI=1S/C28H33F4N9O/c1-12-8-16(33)35-21(18(12)28(30,31)32)22-19(29)20-17-24(38-26(37-20)40-10-27(3,11-40)39(4)5)41-9-14-6-7-15(34-14)23(41)13(2)42-25(17)36-22/h8,13-15,23,34H,6-7,9-11H2,1-5H3,(H2,33,35)/t13-,14+,15-,23+/m0/s1. The topological polar surface area (TPSA) is 109 Å². The minimum absolute atomic E-state index is 0.0162. The molecule has 14 heteroatoms. The highest BCUT2D eigenvalue weighted by atomic mass is 19.4. The summed E-state index contributed by atoms with van der Waals surface area (Å²) in [6, 6.07) is 1.32. The molecule has 0 unspecified atom stereocenters. The summed E-state index contributed by atoms with van der Waals surface area (Å²) in [6.45, 7) is 7.13. The quantitative estimate of drug-likeness (QED) is 0.443. The highest BCUT2D eigenvalue weighted by Gasteiger charge is 2.48. The Morgan fingerprint density at radius 1 is 1.12 bits per heavy atom. The van der Waals surface area contributed by atoms with E-state index in [-0.39, 0.29) is 51.8 Å². The fourth-order valence-electron chi connectivity index (χ4n) is 7.02. The van der Waals surface area contributed by atoms with Gasteiger partial charge in [0.05, 0.1) is 17.1 Å². The van der Waals surface area contributed by atoms with Gasteiger partial charge in [-0.2, -0.15) is 18.2 Å². The molecular weight excluding hydrogens is 554 g/mol. The van der Waals surface area contributed by atoms with E-state index in [1.54, 1.807) is 0 Å². The zero-order valence-corrected chi connectivity index (χ0v) is 24.1. The van der Waals surface area contributed by atoms with Crippen LogP contribution in [-0.2, 0) is 6.18 Å². The number of fused-ring (bicyclic) bond motifs is 5. The number of ether oxygens (including phenoxy) is 1. The number of alkyl halides is 3. The summed E-state index contributed by atoms with van der Waals surface area (Å²) in [5, 5.41) is 3.90. The van der Waals surface area contributed by atoms with Crippen LogP contribution in [-0.4, -0.2) is 88.3 Å². The van der Waals surface area contributed by atoms with Gasteiger partial charge in [0.25, 0.3) is 0 Å². The van der Waals surface area contributed by atoms with Crippen molar-refractivity contribution in [2.24, 2.45) is 0 Å². The van der Waals surface area contributed by atoms with E-state index in [2.05, 4.69) is 37.0 Å². The Kier molecular flexibility index (Phi) is 5.85. The summed E-state index contributed by atoms with van der Waals surface area (Å²) in [7, 11) is 3.99. The number of hydrogen-bond donors (Lipinski definition) is 2. The molecule has 3 N–H and O–H groups in total. The van der Waals surface area contributed by atoms with E-state index in [4.69, 9.17) is 15.5 Å². The number of aromatic nitrogens is 4. The molecule has 3 saturated heterocycles. The van der Waals surface area contributed by atoms with E-state index in [1.165, 1.54) is 6.92 Å². The van der Waals surface area contributed by atoms with Crippen LogP contribution in [0.15, 0.2) is 6.07 Å². The SMILES string of the molecule is Cc1cc(N)nc(-c2nc3c4c(nc(N5CC(C)(N(C)C)C5)nc4c2F)N2C[C@H]4CC[C@H](N4)[C@H]2[C@H](C)O3)c1C(F)(F)F. The van der Waals surface area contributed by atoms with Crippen LogP contribution < -0.4 is 25.6 Å². The number of nitrogens with one attached hydrogen (secondary N) is 1. The molecule has 0 aliphatic carbocycles. The van der Waals surface area contributed by atoms with Gasteiger partial charge in [-0.25, -0.2) is 19.3 Å². The Hall–Kier alpha value is -3.52. The molecule has 4 aliphatic rings. The first-order valence-corrected chi connectivity index (χ1v) is 14.1. The van der Waals surface area contributed by atoms with Crippen LogP contribution in [0.25, 0.3) is 22.3 Å². The molecule has 42 heavy (non-hydrogen) atoms. The number of hydrogen-bond acceptors (Lipinski definition) is 10. The van der Waals surface area contributed by atoms with Crippen molar-refractivity contribution >= 4 is 28.5 Å². The number of halogens is 4. The number of nitrogens with zero attached hydrogens (tertiary/aromatic N) is 7. The number of anilines is 3. The van der Waals surface area contributed by atoms with Crippen LogP contribution in [0, 0.1) is 12.7 Å². The second-order valence-corrected chi connectivity index (χ2v) is 12.5. The normalized spacial score (nSPS) is 26.2. The molecule has 2 bridgehead atoms. The summed E-state index contributed by atoms with van der Waals surface area (Å²) in [5.41, 5.74) is 3.00. The Morgan fingerprint density at radius 2 is 1.86 bits per heavy atom. The number of pyridine rings is 2. The first-order chi connectivity index (χ1) is 19.7. The summed E-state index contributed by atoms with van der Waals surface area (Å²) in [6.07, 6.45) is -3.31. The molecule has 3 aromatic heterocycles. The molecule has 0 aromatic carbocycles. The zero-order chi connectivity index (χ0) is 29.9. The number of nitrogen functional groups attached to an aromatic ring is 1. The van der Waals surface area contributed by atoms with Crippen molar-refractivity contribution < 1.29 is 22.3 Å². The molecule has 0 spiro atoms. The van der Waals surface area contributed by atoms with Crippen LogP contribution in [0.2, 0.25) is 0 Å². The van der Waals surface area contributed by atoms with Gasteiger partial charge in [0, 0.05) is 31.7 Å². The van der Waals surface area contributed by atoms with Crippen molar-refractivity contribution in [2.45, 2.75) is 69.6 Å². The number of aryl methyl sites for hydroxylation is 1. The Bertz CT molecular complexity index is 1610. The van der Waals surface area contributed by atoms with Crippen molar-refractivity contribution in [1.29, 1.82) is 0 Å². The number of likely N-dealkylation sites (N-methyl/N-ethyl adjacent to an activating group) is 1. The van der Waals surface area contributed by atoms with Crippen LogP contribution >= 0.6 is 0 Å². The Labute approximate surface area is 240 Å². The molecule has 4 aliphatic heterocycles. The third-order valence-corrected chi connectivity index (χ3v) is 9.41. The smallest absolute Gasteiger partial charge is 0.418 e. The van der Waals surface area contributed by atoms with Crippen LogP contribution in [0.4, 0.5) is 35.1 Å². The summed E-state index contributed by atoms with van der Waals surface area (Å²) < 4.78 is 65.9. The van der Waals surface area contributed by atoms with Crippen molar-refractivity contribution in [3.63, 3.8) is 0 Å². The first kappa shape index (κ1) is 27.3. The second-order valence-electron chi connectivity index (χ2n) is 12.5. The molecule has 3 fully saturated rings. The van der Waals surface area contributed by atoms with Gasteiger partial charge in [-0.15, -0.1) is 0 Å². The maximum atomic E-state index is 16.7. The van der Waals surface area contributed by atoms with Gasteiger partial charge < -0.3 is 30.5 Å². The van der Waals surface area contributed by atoms with Gasteiger partial charge >= 0.3 is 6.18 Å². The third-order valence-electron chi connectivity index (χ3n) is 9.41. The lowest BCUT2D eigenvalue weighted by Crippen LogP contribution is -2.67. The maximum Gasteiger partial charge on any atom is 0.418 e. The Morgan fingerprint density at radius 3 is 2.55 bits per heavy atom.